The van der Waals surface area contributed by atoms with Crippen LogP contribution in [0.1, 0.15) is 27.7 Å². The van der Waals surface area contributed by atoms with Gasteiger partial charge in [-0.15, -0.1) is 11.3 Å². The van der Waals surface area contributed by atoms with Crippen molar-refractivity contribution in [2.75, 3.05) is 7.05 Å². The van der Waals surface area contributed by atoms with Crippen molar-refractivity contribution in [1.82, 2.24) is 10.3 Å². The summed E-state index contributed by atoms with van der Waals surface area (Å²) in [6.45, 7) is 1.91. The first-order chi connectivity index (χ1) is 9.41. The first kappa shape index (κ1) is 15.0. The maximum Gasteiger partial charge on any atom is 0.416 e. The van der Waals surface area contributed by atoms with Gasteiger partial charge in [0, 0.05) is 10.9 Å². The summed E-state index contributed by atoms with van der Waals surface area (Å²) in [6, 6.07) is 5.45. The van der Waals surface area contributed by atoms with Gasteiger partial charge in [-0.05, 0) is 32.0 Å². The van der Waals surface area contributed by atoms with Crippen molar-refractivity contribution >= 4 is 11.3 Å². The molecule has 0 bridgehead atoms. The standard InChI is InChI=1S/C14H15F3N2S/c1-9-13(20-8-19-9)12(18-2)7-10-4-3-5-11(6-10)14(15,16)17/h3-6,8,12,18H,7H2,1-2H3. The smallest absolute Gasteiger partial charge is 0.312 e. The van der Waals surface area contributed by atoms with Gasteiger partial charge in [-0.2, -0.15) is 13.2 Å². The van der Waals surface area contributed by atoms with Gasteiger partial charge in [-0.1, -0.05) is 18.2 Å². The summed E-state index contributed by atoms with van der Waals surface area (Å²) in [6.07, 6.45) is -3.80. The molecule has 0 saturated heterocycles. The number of alkyl halides is 3. The Morgan fingerprint density at radius 2 is 2.10 bits per heavy atom. The SMILES string of the molecule is CNC(Cc1cccc(C(F)(F)F)c1)c1scnc1C. The molecule has 6 heteroatoms. The van der Waals surface area contributed by atoms with Crippen LogP contribution in [-0.4, -0.2) is 12.0 Å². The highest BCUT2D eigenvalue weighted by Crippen LogP contribution is 2.31. The van der Waals surface area contributed by atoms with Gasteiger partial charge < -0.3 is 5.32 Å². The fourth-order valence-electron chi connectivity index (χ4n) is 2.08. The van der Waals surface area contributed by atoms with E-state index < -0.39 is 11.7 Å². The summed E-state index contributed by atoms with van der Waals surface area (Å²) in [5, 5.41) is 3.14. The van der Waals surface area contributed by atoms with E-state index in [1.54, 1.807) is 18.6 Å². The van der Waals surface area contributed by atoms with E-state index in [1.165, 1.54) is 23.5 Å². The van der Waals surface area contributed by atoms with E-state index >= 15 is 0 Å². The number of nitrogens with one attached hydrogen (secondary N) is 1. The van der Waals surface area contributed by atoms with Gasteiger partial charge in [0.05, 0.1) is 16.8 Å². The fraction of sp³-hybridized carbons (Fsp3) is 0.357. The van der Waals surface area contributed by atoms with E-state index in [1.807, 2.05) is 6.92 Å². The normalized spacial score (nSPS) is 13.4. The molecule has 0 aliphatic rings. The van der Waals surface area contributed by atoms with Crippen LogP contribution in [0.4, 0.5) is 13.2 Å². The zero-order chi connectivity index (χ0) is 14.8. The third kappa shape index (κ3) is 3.37. The van der Waals surface area contributed by atoms with Crippen LogP contribution < -0.4 is 5.32 Å². The zero-order valence-corrected chi connectivity index (χ0v) is 12.0. The molecule has 2 rings (SSSR count). The number of benzene rings is 1. The van der Waals surface area contributed by atoms with Crippen LogP contribution in [0.5, 0.6) is 0 Å². The Hall–Kier alpha value is -1.40. The number of aromatic nitrogens is 1. The zero-order valence-electron chi connectivity index (χ0n) is 11.2. The van der Waals surface area contributed by atoms with Crippen LogP contribution >= 0.6 is 11.3 Å². The predicted octanol–water partition coefficient (Wildman–Crippen LogP) is 3.97. The maximum atomic E-state index is 12.7. The first-order valence-corrected chi connectivity index (χ1v) is 7.03. The van der Waals surface area contributed by atoms with Gasteiger partial charge in [0.1, 0.15) is 0 Å². The minimum Gasteiger partial charge on any atom is -0.312 e. The molecule has 1 heterocycles. The molecular weight excluding hydrogens is 285 g/mol. The fourth-order valence-corrected chi connectivity index (χ4v) is 2.99. The van der Waals surface area contributed by atoms with Crippen molar-refractivity contribution in [1.29, 1.82) is 0 Å². The van der Waals surface area contributed by atoms with E-state index in [-0.39, 0.29) is 6.04 Å². The molecule has 1 aromatic carbocycles. The molecule has 0 radical (unpaired) electrons. The van der Waals surface area contributed by atoms with Crippen molar-refractivity contribution in [2.45, 2.75) is 25.6 Å². The van der Waals surface area contributed by atoms with Crippen molar-refractivity contribution in [3.63, 3.8) is 0 Å². The van der Waals surface area contributed by atoms with Crippen LogP contribution in [0.2, 0.25) is 0 Å². The Labute approximate surface area is 119 Å². The summed E-state index contributed by atoms with van der Waals surface area (Å²) >= 11 is 1.52. The van der Waals surface area contributed by atoms with E-state index in [4.69, 9.17) is 0 Å². The largest absolute Gasteiger partial charge is 0.416 e. The highest BCUT2D eigenvalue weighted by molar-refractivity contribution is 7.09. The maximum absolute atomic E-state index is 12.7. The molecule has 0 aliphatic carbocycles. The summed E-state index contributed by atoms with van der Waals surface area (Å²) in [7, 11) is 1.80. The van der Waals surface area contributed by atoms with Crippen molar-refractivity contribution < 1.29 is 13.2 Å². The molecular formula is C14H15F3N2S. The average Bonchev–Trinajstić information content (AvgIpc) is 2.81. The number of thiazole rings is 1. The Bertz CT molecular complexity index is 578. The molecule has 2 nitrogen and oxygen atoms in total. The molecule has 1 aromatic heterocycles. The van der Waals surface area contributed by atoms with Crippen LogP contribution in [-0.2, 0) is 12.6 Å². The molecule has 0 spiro atoms. The van der Waals surface area contributed by atoms with E-state index in [2.05, 4.69) is 10.3 Å². The van der Waals surface area contributed by atoms with Gasteiger partial charge in [-0.3, -0.25) is 0 Å². The summed E-state index contributed by atoms with van der Waals surface area (Å²) in [5.74, 6) is 0. The lowest BCUT2D eigenvalue weighted by molar-refractivity contribution is -0.137. The molecule has 0 saturated carbocycles. The molecule has 0 aliphatic heterocycles. The number of nitrogens with zero attached hydrogens (tertiary/aromatic N) is 1. The third-order valence-electron chi connectivity index (χ3n) is 3.14. The van der Waals surface area contributed by atoms with E-state index in [9.17, 15) is 13.2 Å². The Balaban J connectivity index is 2.23. The van der Waals surface area contributed by atoms with Gasteiger partial charge >= 0.3 is 6.18 Å². The van der Waals surface area contributed by atoms with Crippen molar-refractivity contribution in [2.24, 2.45) is 0 Å². The second-order valence-corrected chi connectivity index (χ2v) is 5.43. The van der Waals surface area contributed by atoms with Gasteiger partial charge in [-0.25, -0.2) is 4.98 Å². The molecule has 108 valence electrons. The number of rotatable bonds is 4. The summed E-state index contributed by atoms with van der Waals surface area (Å²) in [5.41, 5.74) is 2.72. The Morgan fingerprint density at radius 1 is 1.35 bits per heavy atom. The minimum atomic E-state index is -4.30. The monoisotopic (exact) mass is 300 g/mol. The molecule has 1 N–H and O–H groups in total. The average molecular weight is 300 g/mol. The highest BCUT2D eigenvalue weighted by Gasteiger charge is 2.30. The quantitative estimate of drug-likeness (QED) is 0.924. The van der Waals surface area contributed by atoms with Gasteiger partial charge in [0.15, 0.2) is 0 Å². The summed E-state index contributed by atoms with van der Waals surface area (Å²) in [4.78, 5) is 5.24. The third-order valence-corrected chi connectivity index (χ3v) is 4.19. The molecule has 20 heavy (non-hydrogen) atoms. The Morgan fingerprint density at radius 3 is 2.65 bits per heavy atom. The lowest BCUT2D eigenvalue weighted by Crippen LogP contribution is -2.19. The van der Waals surface area contributed by atoms with E-state index in [0.717, 1.165) is 16.6 Å². The first-order valence-electron chi connectivity index (χ1n) is 6.15. The second-order valence-electron chi connectivity index (χ2n) is 4.55. The van der Waals surface area contributed by atoms with Gasteiger partial charge in [0.25, 0.3) is 0 Å². The number of aryl methyl sites for hydroxylation is 1. The topological polar surface area (TPSA) is 24.9 Å². The molecule has 1 atom stereocenters. The van der Waals surface area contributed by atoms with Crippen LogP contribution in [0.25, 0.3) is 0 Å². The molecule has 2 aromatic rings. The number of hydrogen-bond donors (Lipinski definition) is 1. The molecule has 1 unspecified atom stereocenters. The number of hydrogen-bond acceptors (Lipinski definition) is 3. The molecule has 0 fully saturated rings. The number of likely N-dealkylation sites (N-methyl/N-ethyl adjacent to an activating group) is 1. The van der Waals surface area contributed by atoms with Crippen LogP contribution in [0.3, 0.4) is 0 Å². The summed E-state index contributed by atoms with van der Waals surface area (Å²) < 4.78 is 38.1. The van der Waals surface area contributed by atoms with Crippen molar-refractivity contribution in [3.05, 3.63) is 51.5 Å². The minimum absolute atomic E-state index is 0.0222. The van der Waals surface area contributed by atoms with Crippen LogP contribution in [0, 0.1) is 6.92 Å². The Kier molecular flexibility index (Phi) is 4.45. The van der Waals surface area contributed by atoms with Crippen molar-refractivity contribution in [3.8, 4) is 0 Å². The predicted molar refractivity (Wildman–Crippen MR) is 73.8 cm³/mol. The van der Waals surface area contributed by atoms with Crippen LogP contribution in [0.15, 0.2) is 29.8 Å². The second kappa shape index (κ2) is 5.93. The number of halogens is 3. The van der Waals surface area contributed by atoms with Gasteiger partial charge in [0.2, 0.25) is 0 Å². The highest BCUT2D eigenvalue weighted by atomic mass is 32.1. The lowest BCUT2D eigenvalue weighted by atomic mass is 10.0. The van der Waals surface area contributed by atoms with E-state index in [0.29, 0.717) is 12.0 Å². The lowest BCUT2D eigenvalue weighted by Gasteiger charge is -2.16. The molecule has 0 amide bonds.